The van der Waals surface area contributed by atoms with Gasteiger partial charge in [0.25, 0.3) is 0 Å². The Balaban J connectivity index is 0.000000180. The summed E-state index contributed by atoms with van der Waals surface area (Å²) >= 11 is 5.93. The summed E-state index contributed by atoms with van der Waals surface area (Å²) in [5.41, 5.74) is 6.06. The van der Waals surface area contributed by atoms with Crippen LogP contribution in [0.1, 0.15) is 69.3 Å². The van der Waals surface area contributed by atoms with E-state index in [0.717, 1.165) is 17.8 Å². The van der Waals surface area contributed by atoms with Crippen molar-refractivity contribution < 1.29 is 0 Å². The van der Waals surface area contributed by atoms with Crippen molar-refractivity contribution >= 4 is 28.7 Å². The third-order valence-electron chi connectivity index (χ3n) is 4.47. The first-order chi connectivity index (χ1) is 12.0. The first kappa shape index (κ1) is 20.2. The number of nitrogens with one attached hydrogen (secondary N) is 1. The van der Waals surface area contributed by atoms with Crippen molar-refractivity contribution in [2.75, 3.05) is 0 Å². The number of allylic oxidation sites excluding steroid dienone is 1. The fourth-order valence-electron chi connectivity index (χ4n) is 3.19. The molecule has 0 unspecified atom stereocenters. The Labute approximate surface area is 161 Å². The monoisotopic (exact) mass is 369 g/mol. The Kier molecular flexibility index (Phi) is 6.60. The summed E-state index contributed by atoms with van der Waals surface area (Å²) in [6.45, 7) is 8.75. The van der Waals surface area contributed by atoms with Crippen molar-refractivity contribution in [1.29, 1.82) is 0 Å². The molecular formula is C22H28ClN3. The largest absolute Gasteiger partial charge is 0.346 e. The standard InChI is InChI=1S/C11H12ClN.C10H12N2.CH4/c1-7(2)9-6-11(12)13-10-5-3-4-8(9)10;1-7(2)8-3-5-11-10-9(8)4-6-12-10;/h3-4,6-7H,5H2,1-2H3;3-7H,1-2H3,(H,11,12);1H4. The molecule has 3 heterocycles. The Morgan fingerprint density at radius 2 is 1.81 bits per heavy atom. The third-order valence-corrected chi connectivity index (χ3v) is 4.67. The summed E-state index contributed by atoms with van der Waals surface area (Å²) in [5, 5.41) is 1.86. The number of fused-ring (bicyclic) bond motifs is 2. The molecule has 4 heteroatoms. The van der Waals surface area contributed by atoms with E-state index < -0.39 is 0 Å². The Morgan fingerprint density at radius 3 is 2.50 bits per heavy atom. The number of aromatic amines is 1. The summed E-state index contributed by atoms with van der Waals surface area (Å²) in [4.78, 5) is 11.6. The van der Waals surface area contributed by atoms with Crippen molar-refractivity contribution in [1.82, 2.24) is 15.0 Å². The number of rotatable bonds is 2. The maximum Gasteiger partial charge on any atom is 0.137 e. The summed E-state index contributed by atoms with van der Waals surface area (Å²) in [7, 11) is 0. The van der Waals surface area contributed by atoms with Crippen LogP contribution in [-0.2, 0) is 6.42 Å². The molecule has 3 aromatic rings. The van der Waals surface area contributed by atoms with Crippen molar-refractivity contribution in [2.45, 2.75) is 53.4 Å². The van der Waals surface area contributed by atoms with E-state index in [1.807, 2.05) is 18.5 Å². The van der Waals surface area contributed by atoms with E-state index in [1.165, 1.54) is 22.1 Å². The van der Waals surface area contributed by atoms with Gasteiger partial charge in [-0.3, -0.25) is 0 Å². The van der Waals surface area contributed by atoms with E-state index in [9.17, 15) is 0 Å². The molecule has 0 saturated carbocycles. The maximum atomic E-state index is 5.93. The lowest BCUT2D eigenvalue weighted by atomic mass is 9.98. The Bertz CT molecular complexity index is 907. The summed E-state index contributed by atoms with van der Waals surface area (Å²) in [5.74, 6) is 1.07. The van der Waals surface area contributed by atoms with Crippen LogP contribution in [0.2, 0.25) is 5.15 Å². The van der Waals surface area contributed by atoms with Crippen LogP contribution in [0.25, 0.3) is 17.1 Å². The quantitative estimate of drug-likeness (QED) is 0.507. The van der Waals surface area contributed by atoms with E-state index in [0.29, 0.717) is 17.0 Å². The minimum Gasteiger partial charge on any atom is -0.346 e. The Morgan fingerprint density at radius 1 is 1.08 bits per heavy atom. The van der Waals surface area contributed by atoms with Crippen LogP contribution in [0.15, 0.2) is 36.7 Å². The van der Waals surface area contributed by atoms with Gasteiger partial charge in [-0.15, -0.1) is 0 Å². The molecule has 0 atom stereocenters. The highest BCUT2D eigenvalue weighted by Gasteiger charge is 2.14. The molecule has 0 saturated heterocycles. The van der Waals surface area contributed by atoms with Gasteiger partial charge in [-0.2, -0.15) is 0 Å². The molecule has 0 radical (unpaired) electrons. The molecule has 0 aromatic carbocycles. The second-order valence-electron chi connectivity index (χ2n) is 6.95. The predicted molar refractivity (Wildman–Crippen MR) is 113 cm³/mol. The number of halogens is 1. The van der Waals surface area contributed by atoms with E-state index in [-0.39, 0.29) is 7.43 Å². The molecule has 1 aliphatic rings. The second-order valence-corrected chi connectivity index (χ2v) is 7.34. The normalized spacial score (nSPS) is 12.1. The van der Waals surface area contributed by atoms with E-state index >= 15 is 0 Å². The molecule has 4 rings (SSSR count). The first-order valence-electron chi connectivity index (χ1n) is 8.75. The zero-order chi connectivity index (χ0) is 18.0. The minimum atomic E-state index is 0. The molecule has 0 aliphatic heterocycles. The van der Waals surface area contributed by atoms with Gasteiger partial charge >= 0.3 is 0 Å². The van der Waals surface area contributed by atoms with Crippen molar-refractivity contribution in [2.24, 2.45) is 0 Å². The maximum absolute atomic E-state index is 5.93. The van der Waals surface area contributed by atoms with Crippen molar-refractivity contribution in [3.8, 4) is 0 Å². The molecule has 3 nitrogen and oxygen atoms in total. The number of pyridine rings is 2. The van der Waals surface area contributed by atoms with Gasteiger partial charge in [0.1, 0.15) is 10.8 Å². The van der Waals surface area contributed by atoms with Crippen molar-refractivity contribution in [3.63, 3.8) is 0 Å². The number of hydrogen-bond acceptors (Lipinski definition) is 2. The lowest BCUT2D eigenvalue weighted by Crippen LogP contribution is -1.97. The minimum absolute atomic E-state index is 0. The molecular weight excluding hydrogens is 342 g/mol. The van der Waals surface area contributed by atoms with Gasteiger partial charge in [0.05, 0.1) is 5.69 Å². The molecule has 1 N–H and O–H groups in total. The molecule has 138 valence electrons. The molecule has 0 bridgehead atoms. The average Bonchev–Trinajstić information content (AvgIpc) is 3.22. The van der Waals surface area contributed by atoms with Crippen LogP contribution in [0.4, 0.5) is 0 Å². The number of hydrogen-bond donors (Lipinski definition) is 1. The van der Waals surface area contributed by atoms with E-state index in [1.54, 1.807) is 0 Å². The average molecular weight is 370 g/mol. The lowest BCUT2D eigenvalue weighted by molar-refractivity contribution is 0.856. The van der Waals surface area contributed by atoms with Crippen LogP contribution < -0.4 is 0 Å². The molecule has 0 spiro atoms. The zero-order valence-corrected chi connectivity index (χ0v) is 15.9. The predicted octanol–water partition coefficient (Wildman–Crippen LogP) is 6.75. The highest BCUT2D eigenvalue weighted by molar-refractivity contribution is 6.29. The van der Waals surface area contributed by atoms with Gasteiger partial charge in [0.15, 0.2) is 0 Å². The van der Waals surface area contributed by atoms with Gasteiger partial charge in [-0.05, 0) is 46.7 Å². The highest BCUT2D eigenvalue weighted by atomic mass is 35.5. The smallest absolute Gasteiger partial charge is 0.137 e. The van der Waals surface area contributed by atoms with Gasteiger partial charge in [-0.1, -0.05) is 58.9 Å². The fourth-order valence-corrected chi connectivity index (χ4v) is 3.41. The van der Waals surface area contributed by atoms with Crippen LogP contribution in [0, 0.1) is 0 Å². The van der Waals surface area contributed by atoms with Gasteiger partial charge in [0, 0.05) is 24.2 Å². The molecule has 3 aromatic heterocycles. The topological polar surface area (TPSA) is 41.6 Å². The fraction of sp³-hybridized carbons (Fsp3) is 0.364. The summed E-state index contributed by atoms with van der Waals surface area (Å²) in [6.07, 6.45) is 9.00. The first-order valence-corrected chi connectivity index (χ1v) is 9.13. The van der Waals surface area contributed by atoms with Crippen LogP contribution in [0.5, 0.6) is 0 Å². The zero-order valence-electron chi connectivity index (χ0n) is 15.2. The van der Waals surface area contributed by atoms with E-state index in [4.69, 9.17) is 11.6 Å². The van der Waals surface area contributed by atoms with Crippen LogP contribution in [-0.4, -0.2) is 15.0 Å². The number of nitrogens with zero attached hydrogens (tertiary/aromatic N) is 2. The molecule has 0 fully saturated rings. The molecule has 1 aliphatic carbocycles. The summed E-state index contributed by atoms with van der Waals surface area (Å²) < 4.78 is 0. The molecule has 26 heavy (non-hydrogen) atoms. The highest BCUT2D eigenvalue weighted by Crippen LogP contribution is 2.29. The number of H-pyrrole nitrogens is 1. The summed E-state index contributed by atoms with van der Waals surface area (Å²) in [6, 6.07) is 6.14. The SMILES string of the molecule is C.CC(C)c1cc(Cl)nc2c1C=CC2.CC(C)c1ccnc2[nH]ccc12. The molecule has 0 amide bonds. The van der Waals surface area contributed by atoms with Crippen LogP contribution >= 0.6 is 11.6 Å². The van der Waals surface area contributed by atoms with Gasteiger partial charge < -0.3 is 4.98 Å². The van der Waals surface area contributed by atoms with Crippen molar-refractivity contribution in [3.05, 3.63) is 64.2 Å². The Hall–Kier alpha value is -2.13. The lowest BCUT2D eigenvalue weighted by Gasteiger charge is -2.10. The van der Waals surface area contributed by atoms with Gasteiger partial charge in [-0.25, -0.2) is 9.97 Å². The van der Waals surface area contributed by atoms with Crippen LogP contribution in [0.3, 0.4) is 0 Å². The van der Waals surface area contributed by atoms with Gasteiger partial charge in [0.2, 0.25) is 0 Å². The third kappa shape index (κ3) is 4.16. The number of aromatic nitrogens is 3. The van der Waals surface area contributed by atoms with E-state index in [2.05, 4.69) is 66.9 Å². The second kappa shape index (κ2) is 8.50.